The van der Waals surface area contributed by atoms with E-state index in [1.54, 1.807) is 0 Å². The minimum Gasteiger partial charge on any atom is -0.480 e. The van der Waals surface area contributed by atoms with Crippen LogP contribution in [0, 0.1) is 0 Å². The van der Waals surface area contributed by atoms with E-state index in [9.17, 15) is 19.2 Å². The van der Waals surface area contributed by atoms with Gasteiger partial charge in [0, 0.05) is 31.5 Å². The van der Waals surface area contributed by atoms with Gasteiger partial charge in [-0.1, -0.05) is 0 Å². The number of amides is 4. The van der Waals surface area contributed by atoms with E-state index in [2.05, 4.69) is 5.32 Å². The van der Waals surface area contributed by atoms with Crippen molar-refractivity contribution in [2.24, 2.45) is 0 Å². The predicted octanol–water partition coefficient (Wildman–Crippen LogP) is -0.655. The fourth-order valence-electron chi connectivity index (χ4n) is 2.33. The third-order valence-corrected chi connectivity index (χ3v) is 4.64. The average molecular weight is 315 g/mol. The fraction of sp³-hybridized carbons (Fsp3) is 0.667. The molecule has 2 fully saturated rings. The molecule has 8 nitrogen and oxygen atoms in total. The number of rotatable bonds is 2. The Bertz CT molecular complexity index is 484. The van der Waals surface area contributed by atoms with Gasteiger partial charge in [-0.3, -0.25) is 14.5 Å². The van der Waals surface area contributed by atoms with Crippen LogP contribution in [0.1, 0.15) is 12.8 Å². The average Bonchev–Trinajstić information content (AvgIpc) is 2.47. The quantitative estimate of drug-likeness (QED) is 0.656. The Hall–Kier alpha value is -1.77. The summed E-state index contributed by atoms with van der Waals surface area (Å²) in [6, 6.07) is -2.23. The molecule has 2 rings (SSSR count). The second kappa shape index (κ2) is 6.33. The Morgan fingerprint density at radius 2 is 2.10 bits per heavy atom. The zero-order chi connectivity index (χ0) is 15.6. The number of nitrogens with zero attached hydrogens (tertiary/aromatic N) is 2. The molecule has 2 N–H and O–H groups in total. The van der Waals surface area contributed by atoms with Gasteiger partial charge < -0.3 is 15.3 Å². The number of urea groups is 1. The van der Waals surface area contributed by atoms with Crippen LogP contribution >= 0.6 is 11.8 Å². The summed E-state index contributed by atoms with van der Waals surface area (Å²) in [5, 5.41) is 11.7. The Balaban J connectivity index is 2.01. The number of imide groups is 1. The van der Waals surface area contributed by atoms with E-state index in [0.717, 1.165) is 4.90 Å². The van der Waals surface area contributed by atoms with Crippen LogP contribution in [0.15, 0.2) is 0 Å². The minimum absolute atomic E-state index is 0.186. The highest BCUT2D eigenvalue weighted by atomic mass is 32.2. The van der Waals surface area contributed by atoms with Crippen LogP contribution in [0.3, 0.4) is 0 Å². The number of likely N-dealkylation sites (N-methyl/N-ethyl adjacent to an activating group) is 1. The van der Waals surface area contributed by atoms with Gasteiger partial charge in [-0.25, -0.2) is 9.59 Å². The number of carboxylic acids is 1. The molecule has 116 valence electrons. The highest BCUT2D eigenvalue weighted by Gasteiger charge is 2.37. The number of carbonyl (C=O) groups is 4. The highest BCUT2D eigenvalue weighted by molar-refractivity contribution is 7.99. The Kier molecular flexibility index (Phi) is 4.71. The monoisotopic (exact) mass is 315 g/mol. The van der Waals surface area contributed by atoms with Crippen molar-refractivity contribution in [1.82, 2.24) is 15.1 Å². The van der Waals surface area contributed by atoms with Crippen LogP contribution in [0.25, 0.3) is 0 Å². The number of piperidine rings is 1. The molecule has 0 aromatic heterocycles. The molecule has 9 heteroatoms. The maximum atomic E-state index is 12.2. The summed E-state index contributed by atoms with van der Waals surface area (Å²) >= 11 is 1.48. The zero-order valence-corrected chi connectivity index (χ0v) is 12.4. The summed E-state index contributed by atoms with van der Waals surface area (Å²) in [7, 11) is 1.38. The number of carbonyl (C=O) groups excluding carboxylic acids is 3. The molecule has 2 saturated heterocycles. The molecule has 0 radical (unpaired) electrons. The van der Waals surface area contributed by atoms with Gasteiger partial charge in [0.1, 0.15) is 12.1 Å². The zero-order valence-electron chi connectivity index (χ0n) is 11.6. The molecular weight excluding hydrogens is 298 g/mol. The van der Waals surface area contributed by atoms with Crippen molar-refractivity contribution in [1.29, 1.82) is 0 Å². The molecule has 4 amide bonds. The lowest BCUT2D eigenvalue weighted by Crippen LogP contribution is -2.59. The van der Waals surface area contributed by atoms with Crippen molar-refractivity contribution in [3.63, 3.8) is 0 Å². The molecule has 2 aliphatic rings. The lowest BCUT2D eigenvalue weighted by molar-refractivity contribution is -0.147. The molecule has 0 aliphatic carbocycles. The van der Waals surface area contributed by atoms with Gasteiger partial charge >= 0.3 is 12.0 Å². The normalized spacial score (nSPS) is 26.7. The molecule has 2 aliphatic heterocycles. The van der Waals surface area contributed by atoms with Crippen molar-refractivity contribution in [3.8, 4) is 0 Å². The minimum atomic E-state index is -1.06. The topological polar surface area (TPSA) is 107 Å². The SMILES string of the molecule is CN1C(=O)CCC(NC(=O)N2CCSCC2C(=O)O)C1=O. The Labute approximate surface area is 125 Å². The van der Waals surface area contributed by atoms with Crippen molar-refractivity contribution >= 4 is 35.6 Å². The van der Waals surface area contributed by atoms with Crippen molar-refractivity contribution < 1.29 is 24.3 Å². The molecule has 2 atom stereocenters. The van der Waals surface area contributed by atoms with Gasteiger partial charge in [-0.05, 0) is 6.42 Å². The molecule has 2 heterocycles. The molecule has 0 bridgehead atoms. The Morgan fingerprint density at radius 1 is 1.38 bits per heavy atom. The van der Waals surface area contributed by atoms with Gasteiger partial charge in [0.05, 0.1) is 0 Å². The van der Waals surface area contributed by atoms with E-state index in [1.165, 1.54) is 23.7 Å². The van der Waals surface area contributed by atoms with Crippen LogP contribution in [0.4, 0.5) is 4.79 Å². The van der Waals surface area contributed by atoms with Crippen molar-refractivity contribution in [3.05, 3.63) is 0 Å². The van der Waals surface area contributed by atoms with Gasteiger partial charge in [0.15, 0.2) is 0 Å². The summed E-state index contributed by atoms with van der Waals surface area (Å²) in [5.74, 6) is -0.797. The van der Waals surface area contributed by atoms with Crippen molar-refractivity contribution in [2.75, 3.05) is 25.1 Å². The van der Waals surface area contributed by atoms with E-state index in [-0.39, 0.29) is 18.7 Å². The van der Waals surface area contributed by atoms with Crippen LogP contribution in [-0.4, -0.2) is 75.9 Å². The van der Waals surface area contributed by atoms with Gasteiger partial charge in [-0.15, -0.1) is 0 Å². The molecule has 21 heavy (non-hydrogen) atoms. The predicted molar refractivity (Wildman–Crippen MR) is 74.8 cm³/mol. The van der Waals surface area contributed by atoms with E-state index < -0.39 is 30.0 Å². The van der Waals surface area contributed by atoms with E-state index in [1.807, 2.05) is 0 Å². The van der Waals surface area contributed by atoms with Crippen LogP contribution < -0.4 is 5.32 Å². The van der Waals surface area contributed by atoms with E-state index in [0.29, 0.717) is 18.1 Å². The first-order valence-corrected chi connectivity index (χ1v) is 7.75. The number of carboxylic acid groups (broad SMARTS) is 1. The maximum Gasteiger partial charge on any atom is 0.327 e. The van der Waals surface area contributed by atoms with E-state index >= 15 is 0 Å². The van der Waals surface area contributed by atoms with Crippen LogP contribution in [0.2, 0.25) is 0 Å². The second-order valence-corrected chi connectivity index (χ2v) is 6.10. The standard InChI is InChI=1S/C12H17N3O5S/c1-14-9(16)3-2-7(10(14)17)13-12(20)15-4-5-21-6-8(15)11(18)19/h7-8H,2-6H2,1H3,(H,13,20)(H,18,19). The van der Waals surface area contributed by atoms with Crippen molar-refractivity contribution in [2.45, 2.75) is 24.9 Å². The smallest absolute Gasteiger partial charge is 0.327 e. The number of hydrogen-bond donors (Lipinski definition) is 2. The summed E-state index contributed by atoms with van der Waals surface area (Å²) in [4.78, 5) is 48.9. The molecule has 0 aromatic carbocycles. The molecule has 0 aromatic rings. The lowest BCUT2D eigenvalue weighted by Gasteiger charge is -2.35. The molecule has 2 unspecified atom stereocenters. The van der Waals surface area contributed by atoms with Crippen LogP contribution in [0.5, 0.6) is 0 Å². The summed E-state index contributed by atoms with van der Waals surface area (Å²) in [6.07, 6.45) is 0.430. The summed E-state index contributed by atoms with van der Waals surface area (Å²) < 4.78 is 0. The first kappa shape index (κ1) is 15.6. The number of thioether (sulfide) groups is 1. The maximum absolute atomic E-state index is 12.2. The first-order valence-electron chi connectivity index (χ1n) is 6.60. The largest absolute Gasteiger partial charge is 0.480 e. The second-order valence-electron chi connectivity index (χ2n) is 4.95. The number of aliphatic carboxylic acids is 1. The third-order valence-electron chi connectivity index (χ3n) is 3.62. The number of nitrogens with one attached hydrogen (secondary N) is 1. The number of likely N-dealkylation sites (tertiary alicyclic amines) is 1. The first-order chi connectivity index (χ1) is 9.91. The van der Waals surface area contributed by atoms with E-state index in [4.69, 9.17) is 5.11 Å². The van der Waals surface area contributed by atoms with Gasteiger partial charge in [-0.2, -0.15) is 11.8 Å². The number of hydrogen-bond acceptors (Lipinski definition) is 5. The summed E-state index contributed by atoms with van der Waals surface area (Å²) in [6.45, 7) is 0.323. The van der Waals surface area contributed by atoms with Gasteiger partial charge in [0.25, 0.3) is 5.91 Å². The third kappa shape index (κ3) is 3.29. The summed E-state index contributed by atoms with van der Waals surface area (Å²) in [5.41, 5.74) is 0. The lowest BCUT2D eigenvalue weighted by atomic mass is 10.0. The molecule has 0 spiro atoms. The molecule has 0 saturated carbocycles. The van der Waals surface area contributed by atoms with Gasteiger partial charge in [0.2, 0.25) is 5.91 Å². The highest BCUT2D eigenvalue weighted by Crippen LogP contribution is 2.18. The Morgan fingerprint density at radius 3 is 2.76 bits per heavy atom. The molecular formula is C12H17N3O5S. The van der Waals surface area contributed by atoms with Crippen LogP contribution in [-0.2, 0) is 14.4 Å². The fourth-order valence-corrected chi connectivity index (χ4v) is 3.37.